The SMILES string of the molecule is C=CC(=O)CCCOc1ccc(C(=O)C(C)(C)O)cc1. The van der Waals surface area contributed by atoms with Gasteiger partial charge in [-0.15, -0.1) is 0 Å². The molecule has 0 unspecified atom stereocenters. The molecule has 1 aromatic rings. The lowest BCUT2D eigenvalue weighted by Gasteiger charge is -2.15. The van der Waals surface area contributed by atoms with Crippen molar-refractivity contribution in [3.63, 3.8) is 0 Å². The number of Topliss-reactive ketones (excluding diaryl/α,β-unsaturated/α-hetero) is 1. The van der Waals surface area contributed by atoms with Crippen LogP contribution in [0.4, 0.5) is 0 Å². The van der Waals surface area contributed by atoms with Crippen LogP contribution >= 0.6 is 0 Å². The summed E-state index contributed by atoms with van der Waals surface area (Å²) in [6.07, 6.45) is 2.34. The predicted molar refractivity (Wildman–Crippen MR) is 77.0 cm³/mol. The first-order valence-corrected chi connectivity index (χ1v) is 6.50. The fraction of sp³-hybridized carbons (Fsp3) is 0.375. The second-order valence-corrected chi connectivity index (χ2v) is 5.03. The second kappa shape index (κ2) is 7.01. The number of ketones is 2. The van der Waals surface area contributed by atoms with E-state index >= 15 is 0 Å². The zero-order valence-electron chi connectivity index (χ0n) is 11.9. The smallest absolute Gasteiger partial charge is 0.193 e. The van der Waals surface area contributed by atoms with Crippen LogP contribution in [0.3, 0.4) is 0 Å². The number of carbonyl (C=O) groups excluding carboxylic acids is 2. The van der Waals surface area contributed by atoms with Crippen LogP contribution in [0.1, 0.15) is 37.0 Å². The molecule has 1 N–H and O–H groups in total. The van der Waals surface area contributed by atoms with Gasteiger partial charge in [-0.1, -0.05) is 6.58 Å². The van der Waals surface area contributed by atoms with E-state index in [-0.39, 0.29) is 11.6 Å². The molecule has 0 saturated heterocycles. The minimum atomic E-state index is -1.38. The quantitative estimate of drug-likeness (QED) is 0.450. The zero-order valence-corrected chi connectivity index (χ0v) is 11.9. The first-order chi connectivity index (χ1) is 9.34. The van der Waals surface area contributed by atoms with Crippen molar-refractivity contribution in [1.82, 2.24) is 0 Å². The first kappa shape index (κ1) is 16.1. The third-order valence-corrected chi connectivity index (χ3v) is 2.74. The maximum Gasteiger partial charge on any atom is 0.193 e. The lowest BCUT2D eigenvalue weighted by atomic mass is 9.97. The Labute approximate surface area is 119 Å². The van der Waals surface area contributed by atoms with Gasteiger partial charge < -0.3 is 9.84 Å². The molecule has 1 aromatic carbocycles. The number of benzene rings is 1. The second-order valence-electron chi connectivity index (χ2n) is 5.03. The molecule has 1 rings (SSSR count). The fourth-order valence-corrected chi connectivity index (χ4v) is 1.59. The summed E-state index contributed by atoms with van der Waals surface area (Å²) in [6, 6.07) is 6.58. The van der Waals surface area contributed by atoms with Crippen molar-refractivity contribution in [3.05, 3.63) is 42.5 Å². The summed E-state index contributed by atoms with van der Waals surface area (Å²) in [4.78, 5) is 22.8. The van der Waals surface area contributed by atoms with E-state index in [9.17, 15) is 14.7 Å². The predicted octanol–water partition coefficient (Wildman–Crippen LogP) is 2.55. The van der Waals surface area contributed by atoms with Crippen LogP contribution in [0.2, 0.25) is 0 Å². The van der Waals surface area contributed by atoms with Gasteiger partial charge >= 0.3 is 0 Å². The van der Waals surface area contributed by atoms with Crippen LogP contribution in [-0.2, 0) is 4.79 Å². The molecule has 4 nitrogen and oxygen atoms in total. The standard InChI is InChI=1S/C16H20O4/c1-4-13(17)6-5-11-20-14-9-7-12(8-10-14)15(18)16(2,3)19/h4,7-10,19H,1,5-6,11H2,2-3H3. The molecule has 20 heavy (non-hydrogen) atoms. The van der Waals surface area contributed by atoms with Gasteiger partial charge in [0.05, 0.1) is 6.61 Å². The summed E-state index contributed by atoms with van der Waals surface area (Å²) in [6.45, 7) is 6.74. The van der Waals surface area contributed by atoms with Crippen LogP contribution < -0.4 is 4.74 Å². The molecule has 0 radical (unpaired) electrons. The molecule has 0 fully saturated rings. The molecule has 0 heterocycles. The summed E-state index contributed by atoms with van der Waals surface area (Å²) in [5.74, 6) is 0.295. The Morgan fingerprint density at radius 2 is 1.90 bits per heavy atom. The van der Waals surface area contributed by atoms with Crippen molar-refractivity contribution < 1.29 is 19.4 Å². The van der Waals surface area contributed by atoms with Crippen LogP contribution in [0, 0.1) is 0 Å². The van der Waals surface area contributed by atoms with Crippen LogP contribution in [0.5, 0.6) is 5.75 Å². The molecule has 4 heteroatoms. The minimum Gasteiger partial charge on any atom is -0.494 e. The highest BCUT2D eigenvalue weighted by atomic mass is 16.5. The molecule has 0 spiro atoms. The maximum absolute atomic E-state index is 11.8. The Hall–Kier alpha value is -1.94. The highest BCUT2D eigenvalue weighted by Crippen LogP contribution is 2.17. The van der Waals surface area contributed by atoms with Gasteiger partial charge in [0.15, 0.2) is 11.6 Å². The normalized spacial score (nSPS) is 10.9. The van der Waals surface area contributed by atoms with E-state index in [1.165, 1.54) is 19.9 Å². The highest BCUT2D eigenvalue weighted by Gasteiger charge is 2.24. The number of allylic oxidation sites excluding steroid dienone is 1. The number of hydrogen-bond donors (Lipinski definition) is 1. The van der Waals surface area contributed by atoms with Crippen molar-refractivity contribution >= 4 is 11.6 Å². The summed E-state index contributed by atoms with van der Waals surface area (Å²) in [5, 5.41) is 9.64. The molecule has 0 aromatic heterocycles. The van der Waals surface area contributed by atoms with Crippen molar-refractivity contribution in [2.75, 3.05) is 6.61 Å². The van der Waals surface area contributed by atoms with Crippen LogP contribution in [0.15, 0.2) is 36.9 Å². The minimum absolute atomic E-state index is 0.000258. The molecule has 0 aliphatic heterocycles. The molecule has 0 atom stereocenters. The van der Waals surface area contributed by atoms with Gasteiger partial charge in [-0.25, -0.2) is 0 Å². The first-order valence-electron chi connectivity index (χ1n) is 6.50. The monoisotopic (exact) mass is 276 g/mol. The maximum atomic E-state index is 11.8. The van der Waals surface area contributed by atoms with Gasteiger partial charge in [0, 0.05) is 12.0 Å². The molecule has 108 valence electrons. The van der Waals surface area contributed by atoms with Gasteiger partial charge in [0.1, 0.15) is 11.4 Å². The average Bonchev–Trinajstić information content (AvgIpc) is 2.42. The molecule has 0 amide bonds. The lowest BCUT2D eigenvalue weighted by Crippen LogP contribution is -2.30. The van der Waals surface area contributed by atoms with E-state index in [1.54, 1.807) is 24.3 Å². The zero-order chi connectivity index (χ0) is 15.2. The van der Waals surface area contributed by atoms with E-state index in [4.69, 9.17) is 4.74 Å². The van der Waals surface area contributed by atoms with Gasteiger partial charge in [-0.2, -0.15) is 0 Å². The number of aliphatic hydroxyl groups is 1. The Kier molecular flexibility index (Phi) is 5.65. The molecule has 0 saturated carbocycles. The van der Waals surface area contributed by atoms with E-state index in [1.807, 2.05) is 0 Å². The molecule has 0 aliphatic rings. The van der Waals surface area contributed by atoms with Gasteiger partial charge in [0.25, 0.3) is 0 Å². The van der Waals surface area contributed by atoms with Crippen molar-refractivity contribution in [1.29, 1.82) is 0 Å². The van der Waals surface area contributed by atoms with Crippen molar-refractivity contribution in [2.45, 2.75) is 32.3 Å². The van der Waals surface area contributed by atoms with E-state index in [0.717, 1.165) is 0 Å². The number of rotatable bonds is 8. The summed E-state index contributed by atoms with van der Waals surface area (Å²) in [5.41, 5.74) is -0.945. The number of carbonyl (C=O) groups is 2. The Bertz CT molecular complexity index is 480. The lowest BCUT2D eigenvalue weighted by molar-refractivity contribution is -0.114. The summed E-state index contributed by atoms with van der Waals surface area (Å²) in [7, 11) is 0. The third-order valence-electron chi connectivity index (χ3n) is 2.74. The Morgan fingerprint density at radius 1 is 1.30 bits per heavy atom. The topological polar surface area (TPSA) is 63.6 Å². The fourth-order valence-electron chi connectivity index (χ4n) is 1.59. The highest BCUT2D eigenvalue weighted by molar-refractivity contribution is 6.01. The van der Waals surface area contributed by atoms with Crippen molar-refractivity contribution in [2.24, 2.45) is 0 Å². The van der Waals surface area contributed by atoms with E-state index < -0.39 is 5.60 Å². The number of hydrogen-bond acceptors (Lipinski definition) is 4. The van der Waals surface area contributed by atoms with E-state index in [0.29, 0.717) is 30.8 Å². The molecule has 0 aliphatic carbocycles. The van der Waals surface area contributed by atoms with Crippen LogP contribution in [-0.4, -0.2) is 28.9 Å². The average molecular weight is 276 g/mol. The van der Waals surface area contributed by atoms with Gasteiger partial charge in [-0.3, -0.25) is 9.59 Å². The number of ether oxygens (including phenoxy) is 1. The Balaban J connectivity index is 2.49. The largest absolute Gasteiger partial charge is 0.494 e. The van der Waals surface area contributed by atoms with Gasteiger partial charge in [-0.05, 0) is 50.6 Å². The van der Waals surface area contributed by atoms with E-state index in [2.05, 4.69) is 6.58 Å². The van der Waals surface area contributed by atoms with Crippen LogP contribution in [0.25, 0.3) is 0 Å². The van der Waals surface area contributed by atoms with Crippen molar-refractivity contribution in [3.8, 4) is 5.75 Å². The molecular weight excluding hydrogens is 256 g/mol. The summed E-state index contributed by atoms with van der Waals surface area (Å²) >= 11 is 0. The molecule has 0 bridgehead atoms. The third kappa shape index (κ3) is 4.97. The van der Waals surface area contributed by atoms with Gasteiger partial charge in [0.2, 0.25) is 0 Å². The molecular formula is C16H20O4. The Morgan fingerprint density at radius 3 is 2.40 bits per heavy atom. The summed E-state index contributed by atoms with van der Waals surface area (Å²) < 4.78 is 5.46.